The lowest BCUT2D eigenvalue weighted by atomic mass is 9.90. The van der Waals surface area contributed by atoms with Gasteiger partial charge in [0.2, 0.25) is 11.9 Å². The van der Waals surface area contributed by atoms with Crippen molar-refractivity contribution in [2.75, 3.05) is 31.1 Å². The molecular weight excluding hydrogens is 467 g/mol. The van der Waals surface area contributed by atoms with Gasteiger partial charge in [0.25, 0.3) is 0 Å². The predicted octanol–water partition coefficient (Wildman–Crippen LogP) is 5.14. The Morgan fingerprint density at radius 1 is 1.17 bits per heavy atom. The Morgan fingerprint density at radius 3 is 2.63 bits per heavy atom. The van der Waals surface area contributed by atoms with Crippen LogP contribution in [-0.2, 0) is 11.2 Å². The second-order valence-electron chi connectivity index (χ2n) is 10.3. The van der Waals surface area contributed by atoms with Crippen molar-refractivity contribution in [1.29, 1.82) is 0 Å². The smallest absolute Gasteiger partial charge is 0.227 e. The molecule has 1 aromatic carbocycles. The lowest BCUT2D eigenvalue weighted by Crippen LogP contribution is -2.35. The van der Waals surface area contributed by atoms with Crippen LogP contribution in [0.3, 0.4) is 0 Å². The van der Waals surface area contributed by atoms with E-state index in [1.807, 2.05) is 4.90 Å². The van der Waals surface area contributed by atoms with Gasteiger partial charge in [0, 0.05) is 31.7 Å². The number of likely N-dealkylation sites (tertiary alicyclic amines) is 1. The fourth-order valence-corrected chi connectivity index (χ4v) is 5.93. The van der Waals surface area contributed by atoms with Gasteiger partial charge in [-0.05, 0) is 74.8 Å². The molecular formula is C27H34ClFN4O2. The molecule has 0 spiro atoms. The van der Waals surface area contributed by atoms with Gasteiger partial charge < -0.3 is 14.5 Å². The molecule has 1 amide bonds. The summed E-state index contributed by atoms with van der Waals surface area (Å²) in [5.41, 5.74) is 0.444. The van der Waals surface area contributed by atoms with Crippen molar-refractivity contribution < 1.29 is 13.9 Å². The number of amides is 1. The summed E-state index contributed by atoms with van der Waals surface area (Å²) < 4.78 is 20.5. The number of rotatable bonds is 8. The molecule has 3 aliphatic rings. The molecule has 0 N–H and O–H groups in total. The molecule has 1 aromatic heterocycles. The van der Waals surface area contributed by atoms with E-state index >= 15 is 0 Å². The Bertz CT molecular complexity index is 1030. The number of aromatic nitrogens is 2. The zero-order chi connectivity index (χ0) is 24.4. The summed E-state index contributed by atoms with van der Waals surface area (Å²) in [6.45, 7) is 5.40. The van der Waals surface area contributed by atoms with Gasteiger partial charge >= 0.3 is 0 Å². The molecule has 3 fully saturated rings. The van der Waals surface area contributed by atoms with E-state index < -0.39 is 0 Å². The fraction of sp³-hybridized carbons (Fsp3) is 0.593. The molecule has 5 rings (SSSR count). The van der Waals surface area contributed by atoms with E-state index in [1.54, 1.807) is 24.5 Å². The van der Waals surface area contributed by atoms with E-state index in [1.165, 1.54) is 12.5 Å². The van der Waals surface area contributed by atoms with Crippen LogP contribution >= 0.6 is 11.6 Å². The third-order valence-corrected chi connectivity index (χ3v) is 8.20. The minimum atomic E-state index is -0.358. The summed E-state index contributed by atoms with van der Waals surface area (Å²) in [6.07, 6.45) is 10.1. The lowest BCUT2D eigenvalue weighted by molar-refractivity contribution is -0.131. The average molecular weight is 501 g/mol. The summed E-state index contributed by atoms with van der Waals surface area (Å²) in [7, 11) is 0. The van der Waals surface area contributed by atoms with Crippen molar-refractivity contribution in [3.8, 4) is 5.75 Å². The van der Waals surface area contributed by atoms with Gasteiger partial charge in [0.1, 0.15) is 11.6 Å². The van der Waals surface area contributed by atoms with Gasteiger partial charge in [0.15, 0.2) is 0 Å². The van der Waals surface area contributed by atoms with Crippen LogP contribution < -0.4 is 9.64 Å². The first-order valence-electron chi connectivity index (χ1n) is 12.9. The molecule has 1 aliphatic carbocycles. The molecule has 2 saturated heterocycles. The first-order valence-corrected chi connectivity index (χ1v) is 13.3. The van der Waals surface area contributed by atoms with Crippen molar-refractivity contribution in [3.63, 3.8) is 0 Å². The van der Waals surface area contributed by atoms with Gasteiger partial charge in [0.05, 0.1) is 30.4 Å². The van der Waals surface area contributed by atoms with Crippen molar-refractivity contribution >= 4 is 23.5 Å². The number of nitrogens with zero attached hydrogens (tertiary/aromatic N) is 4. The summed E-state index contributed by atoms with van der Waals surface area (Å²) in [5, 5.41) is 0.563. The van der Waals surface area contributed by atoms with Gasteiger partial charge in [-0.15, -0.1) is 0 Å². The third-order valence-electron chi connectivity index (χ3n) is 8.01. The summed E-state index contributed by atoms with van der Waals surface area (Å²) in [6, 6.07) is 5.17. The van der Waals surface area contributed by atoms with Crippen molar-refractivity contribution in [2.24, 2.45) is 17.8 Å². The van der Waals surface area contributed by atoms with E-state index in [-0.39, 0.29) is 24.2 Å². The standard InChI is InChI=1S/C27H34ClFN4O2/c1-18-3-2-9-33(18)26(34)14-21-4-5-23(15-25(21)29)35-12-8-20-13-24(20)19-6-10-32(11-7-19)27-30-16-22(28)17-31-27/h4-5,15-20,24H,2-3,6-14H2,1H3/t18-,20+,24+/m0/s1. The zero-order valence-corrected chi connectivity index (χ0v) is 21.1. The highest BCUT2D eigenvalue weighted by Crippen LogP contribution is 2.49. The number of hydrogen-bond donors (Lipinski definition) is 0. The topological polar surface area (TPSA) is 58.6 Å². The molecule has 1 saturated carbocycles. The summed E-state index contributed by atoms with van der Waals surface area (Å²) >= 11 is 5.89. The normalized spacial score (nSPS) is 24.6. The Labute approximate surface area is 211 Å². The van der Waals surface area contributed by atoms with Crippen LogP contribution in [0.2, 0.25) is 5.02 Å². The lowest BCUT2D eigenvalue weighted by Gasteiger charge is -2.32. The van der Waals surface area contributed by atoms with Crippen LogP contribution in [0.5, 0.6) is 5.75 Å². The van der Waals surface area contributed by atoms with Crippen LogP contribution in [0.25, 0.3) is 0 Å². The highest BCUT2D eigenvalue weighted by Gasteiger charge is 2.43. The third kappa shape index (κ3) is 5.88. The second-order valence-corrected chi connectivity index (χ2v) is 10.8. The van der Waals surface area contributed by atoms with Crippen LogP contribution in [0.15, 0.2) is 30.6 Å². The van der Waals surface area contributed by atoms with E-state index in [0.717, 1.165) is 69.5 Å². The van der Waals surface area contributed by atoms with Gasteiger partial charge in [-0.25, -0.2) is 14.4 Å². The average Bonchev–Trinajstić information content (AvgIpc) is 3.50. The van der Waals surface area contributed by atoms with Crippen molar-refractivity contribution in [3.05, 3.63) is 47.0 Å². The second kappa shape index (κ2) is 10.7. The molecule has 3 atom stereocenters. The fourth-order valence-electron chi connectivity index (χ4n) is 5.83. The largest absolute Gasteiger partial charge is 0.493 e. The van der Waals surface area contributed by atoms with E-state index in [0.29, 0.717) is 28.9 Å². The predicted molar refractivity (Wildman–Crippen MR) is 134 cm³/mol. The van der Waals surface area contributed by atoms with Crippen molar-refractivity contribution in [2.45, 2.75) is 57.9 Å². The number of benzene rings is 1. The molecule has 8 heteroatoms. The number of hydrogen-bond acceptors (Lipinski definition) is 5. The summed E-state index contributed by atoms with van der Waals surface area (Å²) in [5.74, 6) is 3.17. The van der Waals surface area contributed by atoms with E-state index in [9.17, 15) is 9.18 Å². The number of anilines is 1. The molecule has 3 heterocycles. The van der Waals surface area contributed by atoms with E-state index in [2.05, 4.69) is 21.8 Å². The monoisotopic (exact) mass is 500 g/mol. The number of ether oxygens (including phenoxy) is 1. The number of piperidine rings is 1. The van der Waals surface area contributed by atoms with Gasteiger partial charge in [-0.1, -0.05) is 17.7 Å². The first kappa shape index (κ1) is 24.3. The number of carbonyl (C=O) groups excluding carboxylic acids is 1. The van der Waals surface area contributed by atoms with E-state index in [4.69, 9.17) is 16.3 Å². The summed E-state index contributed by atoms with van der Waals surface area (Å²) in [4.78, 5) is 25.3. The molecule has 188 valence electrons. The Morgan fingerprint density at radius 2 is 1.94 bits per heavy atom. The molecule has 0 bridgehead atoms. The number of carbonyl (C=O) groups is 1. The molecule has 0 unspecified atom stereocenters. The highest BCUT2D eigenvalue weighted by atomic mass is 35.5. The maximum absolute atomic E-state index is 14.6. The Kier molecular flexibility index (Phi) is 7.42. The molecule has 35 heavy (non-hydrogen) atoms. The minimum Gasteiger partial charge on any atom is -0.493 e. The zero-order valence-electron chi connectivity index (χ0n) is 20.3. The minimum absolute atomic E-state index is 0.00821. The quantitative estimate of drug-likeness (QED) is 0.502. The van der Waals surface area contributed by atoms with Crippen molar-refractivity contribution in [1.82, 2.24) is 14.9 Å². The molecule has 2 aliphatic heterocycles. The maximum Gasteiger partial charge on any atom is 0.227 e. The van der Waals surface area contributed by atoms with Gasteiger partial charge in [-0.3, -0.25) is 4.79 Å². The number of halogens is 2. The first-order chi connectivity index (χ1) is 17.0. The van der Waals surface area contributed by atoms with Crippen LogP contribution in [0, 0.1) is 23.6 Å². The van der Waals surface area contributed by atoms with Crippen LogP contribution in [0.4, 0.5) is 10.3 Å². The van der Waals surface area contributed by atoms with Crippen LogP contribution in [-0.4, -0.2) is 53.1 Å². The highest BCUT2D eigenvalue weighted by molar-refractivity contribution is 6.30. The Balaban J connectivity index is 1.03. The maximum atomic E-state index is 14.6. The molecule has 0 radical (unpaired) electrons. The molecule has 6 nitrogen and oxygen atoms in total. The molecule has 2 aromatic rings. The Hall–Kier alpha value is -2.41. The van der Waals surface area contributed by atoms with Gasteiger partial charge in [-0.2, -0.15) is 0 Å². The SMILES string of the molecule is C[C@H]1CCCN1C(=O)Cc1ccc(OCC[C@@H]2C[C@@H]2C2CCN(c3ncc(Cl)cn3)CC2)cc1F. The van der Waals surface area contributed by atoms with Crippen LogP contribution in [0.1, 0.15) is 51.0 Å².